The van der Waals surface area contributed by atoms with Crippen molar-refractivity contribution in [1.82, 2.24) is 0 Å². The first-order chi connectivity index (χ1) is 14.7. The average molecular weight is 399 g/mol. The Balaban J connectivity index is 1.34. The summed E-state index contributed by atoms with van der Waals surface area (Å²) in [5.74, 6) is 1.94. The minimum Gasteiger partial charge on any atom is -0.497 e. The molecule has 0 atom stereocenters. The van der Waals surface area contributed by atoms with Gasteiger partial charge in [0.25, 0.3) is 5.91 Å². The largest absolute Gasteiger partial charge is 0.497 e. The van der Waals surface area contributed by atoms with Gasteiger partial charge in [-0.05, 0) is 59.7 Å². The van der Waals surface area contributed by atoms with Gasteiger partial charge in [0.1, 0.15) is 23.9 Å². The fourth-order valence-electron chi connectivity index (χ4n) is 2.97. The second-order valence-corrected chi connectivity index (χ2v) is 6.63. The van der Waals surface area contributed by atoms with Crippen LogP contribution in [0.2, 0.25) is 0 Å². The summed E-state index contributed by atoms with van der Waals surface area (Å²) < 4.78 is 16.4. The molecule has 1 amide bonds. The van der Waals surface area contributed by atoms with Crippen molar-refractivity contribution in [3.63, 3.8) is 0 Å². The molecule has 0 saturated carbocycles. The number of hydrogen-bond acceptors (Lipinski definition) is 4. The molecular weight excluding hydrogens is 378 g/mol. The van der Waals surface area contributed by atoms with E-state index in [0.717, 1.165) is 16.9 Å². The highest BCUT2D eigenvalue weighted by Crippen LogP contribution is 2.22. The summed E-state index contributed by atoms with van der Waals surface area (Å²) in [6, 6.07) is 28.4. The molecule has 4 aromatic rings. The second-order valence-electron chi connectivity index (χ2n) is 6.63. The van der Waals surface area contributed by atoms with E-state index < -0.39 is 0 Å². The summed E-state index contributed by atoms with van der Waals surface area (Å²) >= 11 is 0. The van der Waals surface area contributed by atoms with Crippen LogP contribution in [-0.2, 0) is 6.61 Å². The minimum atomic E-state index is -0.307. The van der Waals surface area contributed by atoms with Crippen molar-refractivity contribution in [1.29, 1.82) is 0 Å². The van der Waals surface area contributed by atoms with Crippen LogP contribution in [0.4, 0.5) is 5.69 Å². The fraction of sp³-hybridized carbons (Fsp3) is 0.0800. The third-order valence-corrected chi connectivity index (χ3v) is 4.58. The van der Waals surface area contributed by atoms with Crippen LogP contribution in [0.3, 0.4) is 0 Å². The molecule has 5 heteroatoms. The number of ether oxygens (including phenoxy) is 2. The molecule has 0 aliphatic rings. The van der Waals surface area contributed by atoms with Gasteiger partial charge in [-0.25, -0.2) is 0 Å². The van der Waals surface area contributed by atoms with E-state index >= 15 is 0 Å². The number of benzene rings is 3. The number of carbonyl (C=O) groups excluding carboxylic acids is 1. The Hall–Kier alpha value is -3.99. The van der Waals surface area contributed by atoms with Crippen molar-refractivity contribution in [3.05, 3.63) is 103 Å². The third kappa shape index (κ3) is 4.70. The third-order valence-electron chi connectivity index (χ3n) is 4.58. The maximum absolute atomic E-state index is 12.5. The SMILES string of the molecule is COc1ccc(OCc2ccc(C(=O)Nc3ccc(-c4ccccc4)cc3)o2)cc1. The van der Waals surface area contributed by atoms with E-state index in [4.69, 9.17) is 13.9 Å². The molecule has 1 N–H and O–H groups in total. The molecule has 0 fully saturated rings. The number of rotatable bonds is 7. The monoisotopic (exact) mass is 399 g/mol. The van der Waals surface area contributed by atoms with Crippen LogP contribution in [0.5, 0.6) is 11.5 Å². The van der Waals surface area contributed by atoms with E-state index in [2.05, 4.69) is 5.32 Å². The van der Waals surface area contributed by atoms with Gasteiger partial charge in [0.05, 0.1) is 7.11 Å². The van der Waals surface area contributed by atoms with Gasteiger partial charge < -0.3 is 19.2 Å². The Kier molecular flexibility index (Phi) is 5.80. The molecule has 0 unspecified atom stereocenters. The average Bonchev–Trinajstić information content (AvgIpc) is 3.28. The molecule has 1 heterocycles. The number of amides is 1. The van der Waals surface area contributed by atoms with Crippen molar-refractivity contribution in [2.24, 2.45) is 0 Å². The van der Waals surface area contributed by atoms with E-state index in [1.54, 1.807) is 19.2 Å². The summed E-state index contributed by atoms with van der Waals surface area (Å²) in [5.41, 5.74) is 2.92. The Morgan fingerprint density at radius 1 is 0.800 bits per heavy atom. The summed E-state index contributed by atoms with van der Waals surface area (Å²) in [4.78, 5) is 12.5. The smallest absolute Gasteiger partial charge is 0.291 e. The zero-order chi connectivity index (χ0) is 20.8. The van der Waals surface area contributed by atoms with Crippen LogP contribution in [0.15, 0.2) is 95.4 Å². The van der Waals surface area contributed by atoms with E-state index in [-0.39, 0.29) is 18.3 Å². The van der Waals surface area contributed by atoms with Crippen LogP contribution in [0, 0.1) is 0 Å². The van der Waals surface area contributed by atoms with Crippen molar-refractivity contribution in [2.45, 2.75) is 6.61 Å². The first-order valence-corrected chi connectivity index (χ1v) is 9.54. The van der Waals surface area contributed by atoms with Gasteiger partial charge in [0, 0.05) is 5.69 Å². The predicted octanol–water partition coefficient (Wildman–Crippen LogP) is 5.79. The Morgan fingerprint density at radius 3 is 2.17 bits per heavy atom. The number of nitrogens with one attached hydrogen (secondary N) is 1. The lowest BCUT2D eigenvalue weighted by Gasteiger charge is -2.06. The van der Waals surface area contributed by atoms with Crippen molar-refractivity contribution in [2.75, 3.05) is 12.4 Å². The molecule has 0 aliphatic carbocycles. The van der Waals surface area contributed by atoms with Gasteiger partial charge in [-0.3, -0.25) is 4.79 Å². The number of anilines is 1. The number of furan rings is 1. The van der Waals surface area contributed by atoms with Crippen molar-refractivity contribution >= 4 is 11.6 Å². The maximum atomic E-state index is 12.5. The first-order valence-electron chi connectivity index (χ1n) is 9.54. The number of carbonyl (C=O) groups is 1. The summed E-state index contributed by atoms with van der Waals surface area (Å²) in [6.45, 7) is 0.228. The highest BCUT2D eigenvalue weighted by molar-refractivity contribution is 6.02. The van der Waals surface area contributed by atoms with Crippen molar-refractivity contribution in [3.8, 4) is 22.6 Å². The van der Waals surface area contributed by atoms with E-state index in [1.807, 2.05) is 78.9 Å². The van der Waals surface area contributed by atoms with Crippen molar-refractivity contribution < 1.29 is 18.7 Å². The Morgan fingerprint density at radius 2 is 1.47 bits per heavy atom. The lowest BCUT2D eigenvalue weighted by Crippen LogP contribution is -2.10. The molecule has 5 nitrogen and oxygen atoms in total. The molecule has 4 rings (SSSR count). The second kappa shape index (κ2) is 9.01. The standard InChI is InChI=1S/C25H21NO4/c1-28-21-11-13-22(14-12-21)29-17-23-15-16-24(30-23)25(27)26-20-9-7-19(8-10-20)18-5-3-2-4-6-18/h2-16H,17H2,1H3,(H,26,27). The molecule has 0 radical (unpaired) electrons. The van der Waals surface area contributed by atoms with Crippen LogP contribution < -0.4 is 14.8 Å². The van der Waals surface area contributed by atoms with E-state index in [9.17, 15) is 4.79 Å². The quantitative estimate of drug-likeness (QED) is 0.427. The number of methoxy groups -OCH3 is 1. The summed E-state index contributed by atoms with van der Waals surface area (Å²) in [5, 5.41) is 2.85. The molecule has 150 valence electrons. The predicted molar refractivity (Wildman–Crippen MR) is 116 cm³/mol. The molecule has 0 bridgehead atoms. The lowest BCUT2D eigenvalue weighted by molar-refractivity contribution is 0.0992. The van der Waals surface area contributed by atoms with Crippen LogP contribution >= 0.6 is 0 Å². The van der Waals surface area contributed by atoms with Gasteiger partial charge in [0.15, 0.2) is 5.76 Å². The van der Waals surface area contributed by atoms with Gasteiger partial charge >= 0.3 is 0 Å². The lowest BCUT2D eigenvalue weighted by atomic mass is 10.1. The minimum absolute atomic E-state index is 0.228. The normalized spacial score (nSPS) is 10.4. The number of hydrogen-bond donors (Lipinski definition) is 1. The molecule has 1 aromatic heterocycles. The highest BCUT2D eigenvalue weighted by atomic mass is 16.5. The molecule has 0 saturated heterocycles. The first kappa shape index (κ1) is 19.3. The summed E-state index contributed by atoms with van der Waals surface area (Å²) in [7, 11) is 1.61. The van der Waals surface area contributed by atoms with Crippen LogP contribution in [-0.4, -0.2) is 13.0 Å². The zero-order valence-electron chi connectivity index (χ0n) is 16.5. The van der Waals surface area contributed by atoms with Gasteiger partial charge in [-0.2, -0.15) is 0 Å². The highest BCUT2D eigenvalue weighted by Gasteiger charge is 2.12. The summed E-state index contributed by atoms with van der Waals surface area (Å²) in [6.07, 6.45) is 0. The topological polar surface area (TPSA) is 60.7 Å². The fourth-order valence-corrected chi connectivity index (χ4v) is 2.97. The van der Waals surface area contributed by atoms with Crippen LogP contribution in [0.25, 0.3) is 11.1 Å². The van der Waals surface area contributed by atoms with Gasteiger partial charge in [-0.1, -0.05) is 42.5 Å². The van der Waals surface area contributed by atoms with E-state index in [1.165, 1.54) is 0 Å². The zero-order valence-corrected chi connectivity index (χ0v) is 16.5. The Labute approximate surface area is 174 Å². The van der Waals surface area contributed by atoms with Gasteiger partial charge in [-0.15, -0.1) is 0 Å². The van der Waals surface area contributed by atoms with Crippen LogP contribution in [0.1, 0.15) is 16.3 Å². The molecule has 30 heavy (non-hydrogen) atoms. The van der Waals surface area contributed by atoms with E-state index in [0.29, 0.717) is 17.2 Å². The molecule has 0 aliphatic heterocycles. The van der Waals surface area contributed by atoms with Gasteiger partial charge in [0.2, 0.25) is 0 Å². The molecule has 0 spiro atoms. The molecular formula is C25H21NO4. The molecule has 3 aromatic carbocycles. The Bertz CT molecular complexity index is 1100. The maximum Gasteiger partial charge on any atom is 0.291 e.